The Morgan fingerprint density at radius 2 is 0.441 bits per heavy atom. The third-order valence-corrected chi connectivity index (χ3v) is 28.4. The average molecular weight is 1830 g/mol. The van der Waals surface area contributed by atoms with Gasteiger partial charge in [-0.15, -0.1) is 0 Å². The van der Waals surface area contributed by atoms with Crippen LogP contribution in [0.1, 0.15) is 25.0 Å². The molecule has 23 aromatic carbocycles. The van der Waals surface area contributed by atoms with Crippen molar-refractivity contribution in [2.45, 2.75) is 19.3 Å². The monoisotopic (exact) mass is 1830 g/mol. The summed E-state index contributed by atoms with van der Waals surface area (Å²) in [7, 11) is 0. The van der Waals surface area contributed by atoms with E-state index in [9.17, 15) is 0 Å². The van der Waals surface area contributed by atoms with Gasteiger partial charge in [0, 0.05) is 87.8 Å². The van der Waals surface area contributed by atoms with Crippen LogP contribution in [0, 0.1) is 0 Å². The van der Waals surface area contributed by atoms with E-state index in [2.05, 4.69) is 335 Å². The lowest BCUT2D eigenvalue weighted by Crippen LogP contribution is -2.15. The van der Waals surface area contributed by atoms with E-state index in [0.717, 1.165) is 132 Å². The number of fused-ring (bicyclic) bond motifs is 26. The van der Waals surface area contributed by atoms with E-state index in [0.29, 0.717) is 52.4 Å². The van der Waals surface area contributed by atoms with Gasteiger partial charge in [0.2, 0.25) is 0 Å². The molecule has 1 aliphatic carbocycles. The van der Waals surface area contributed by atoms with Gasteiger partial charge in [-0.25, -0.2) is 44.9 Å². The highest BCUT2D eigenvalue weighted by Crippen LogP contribution is 2.54. The molecule has 29 rings (SSSR count). The van der Waals surface area contributed by atoms with Crippen molar-refractivity contribution in [1.29, 1.82) is 0 Å². The molecule has 0 saturated heterocycles. The molecule has 0 bridgehead atoms. The number of nitrogens with zero attached hydrogens (tertiary/aromatic N) is 9. The van der Waals surface area contributed by atoms with Crippen molar-refractivity contribution in [3.63, 3.8) is 0 Å². The van der Waals surface area contributed by atoms with Crippen molar-refractivity contribution < 1.29 is 8.83 Å². The van der Waals surface area contributed by atoms with Gasteiger partial charge in [-0.3, -0.25) is 0 Å². The Labute approximate surface area is 822 Å². The van der Waals surface area contributed by atoms with Gasteiger partial charge in [-0.05, 0) is 179 Å². The fourth-order valence-electron chi connectivity index (χ4n) is 21.4. The third-order valence-electron chi connectivity index (χ3n) is 28.4. The van der Waals surface area contributed by atoms with Gasteiger partial charge in [0.05, 0.1) is 0 Å². The Kier molecular flexibility index (Phi) is 20.0. The summed E-state index contributed by atoms with van der Waals surface area (Å²) in [6, 6.07) is 163. The first-order valence-electron chi connectivity index (χ1n) is 48.3. The minimum atomic E-state index is -0.115. The van der Waals surface area contributed by atoms with Crippen LogP contribution in [-0.4, -0.2) is 44.9 Å². The molecule has 28 aromatic rings. The Morgan fingerprint density at radius 3 is 0.874 bits per heavy atom. The zero-order valence-electron chi connectivity index (χ0n) is 77.8. The lowest BCUT2D eigenvalue weighted by Gasteiger charge is -2.24. The van der Waals surface area contributed by atoms with Gasteiger partial charge < -0.3 is 8.83 Å². The molecule has 0 fully saturated rings. The van der Waals surface area contributed by atoms with Crippen LogP contribution in [0.25, 0.3) is 277 Å². The molecule has 5 aromatic heterocycles. The van der Waals surface area contributed by atoms with Crippen molar-refractivity contribution >= 4 is 141 Å². The number of furan rings is 2. The van der Waals surface area contributed by atoms with Crippen LogP contribution in [0.15, 0.2) is 476 Å². The van der Waals surface area contributed by atoms with E-state index in [1.165, 1.54) is 103 Å². The van der Waals surface area contributed by atoms with Crippen LogP contribution in [0.2, 0.25) is 0 Å². The number of aromatic nitrogens is 9. The maximum Gasteiger partial charge on any atom is 0.164 e. The topological polar surface area (TPSA) is 142 Å². The summed E-state index contributed by atoms with van der Waals surface area (Å²) < 4.78 is 12.8. The maximum absolute atomic E-state index is 6.50. The molecule has 0 saturated carbocycles. The molecule has 0 spiro atoms. The molecule has 5 heterocycles. The Morgan fingerprint density at radius 1 is 0.161 bits per heavy atom. The lowest BCUT2D eigenvalue weighted by atomic mass is 9.79. The highest BCUT2D eigenvalue weighted by molar-refractivity contribution is 6.30. The van der Waals surface area contributed by atoms with E-state index < -0.39 is 0 Å². The summed E-state index contributed by atoms with van der Waals surface area (Å²) in [6.07, 6.45) is 0. The summed E-state index contributed by atoms with van der Waals surface area (Å²) in [5, 5.41) is 26.1. The normalized spacial score (nSPS) is 12.2. The first-order valence-corrected chi connectivity index (χ1v) is 48.3. The Balaban J connectivity index is 0.000000107. The lowest BCUT2D eigenvalue weighted by molar-refractivity contribution is 0.666. The predicted octanol–water partition coefficient (Wildman–Crippen LogP) is 34.4. The fraction of sp³-hybridized carbons (Fsp3) is 0.0227. The molecular weight excluding hydrogens is 1740 g/mol. The molecule has 0 N–H and O–H groups in total. The van der Waals surface area contributed by atoms with Gasteiger partial charge in [0.25, 0.3) is 0 Å². The number of rotatable bonds is 11. The maximum atomic E-state index is 6.50. The van der Waals surface area contributed by atoms with E-state index in [4.69, 9.17) is 53.7 Å². The van der Waals surface area contributed by atoms with Gasteiger partial charge in [0.1, 0.15) is 22.3 Å². The van der Waals surface area contributed by atoms with Crippen LogP contribution in [-0.2, 0) is 5.41 Å². The molecule has 11 heteroatoms. The van der Waals surface area contributed by atoms with Crippen molar-refractivity contribution in [2.75, 3.05) is 0 Å². The predicted molar refractivity (Wildman–Crippen MR) is 589 cm³/mol. The summed E-state index contributed by atoms with van der Waals surface area (Å²) in [5.41, 5.74) is 22.2. The smallest absolute Gasteiger partial charge is 0.164 e. The Hall–Kier alpha value is -19.0. The van der Waals surface area contributed by atoms with Crippen molar-refractivity contribution in [2.24, 2.45) is 0 Å². The van der Waals surface area contributed by atoms with Crippen LogP contribution >= 0.6 is 0 Å². The van der Waals surface area contributed by atoms with Crippen LogP contribution < -0.4 is 0 Å². The molecule has 143 heavy (non-hydrogen) atoms. The molecule has 0 radical (unpaired) electrons. The van der Waals surface area contributed by atoms with E-state index in [1.807, 2.05) is 146 Å². The molecule has 0 unspecified atom stereocenters. The molecule has 0 amide bonds. The fourth-order valence-corrected chi connectivity index (χ4v) is 21.4. The molecular formula is C132H83N9O2. The van der Waals surface area contributed by atoms with E-state index in [1.54, 1.807) is 0 Å². The van der Waals surface area contributed by atoms with Gasteiger partial charge in [0.15, 0.2) is 52.4 Å². The van der Waals surface area contributed by atoms with Crippen molar-refractivity contribution in [1.82, 2.24) is 44.9 Å². The zero-order valence-corrected chi connectivity index (χ0v) is 77.8. The first-order chi connectivity index (χ1) is 70.6. The second kappa shape index (κ2) is 34.3. The van der Waals surface area contributed by atoms with Gasteiger partial charge in [-0.1, -0.05) is 432 Å². The van der Waals surface area contributed by atoms with Crippen LogP contribution in [0.5, 0.6) is 0 Å². The third kappa shape index (κ3) is 14.8. The number of benzene rings is 23. The number of hydrogen-bond acceptors (Lipinski definition) is 11. The largest absolute Gasteiger partial charge is 0.456 e. The number of para-hydroxylation sites is 2. The minimum Gasteiger partial charge on any atom is -0.456 e. The summed E-state index contributed by atoms with van der Waals surface area (Å²) in [4.78, 5) is 44.9. The zero-order chi connectivity index (χ0) is 94.7. The van der Waals surface area contributed by atoms with Gasteiger partial charge in [-0.2, -0.15) is 0 Å². The van der Waals surface area contributed by atoms with E-state index in [-0.39, 0.29) is 5.41 Å². The van der Waals surface area contributed by atoms with E-state index >= 15 is 0 Å². The number of hydrogen-bond donors (Lipinski definition) is 0. The van der Waals surface area contributed by atoms with Crippen LogP contribution in [0.3, 0.4) is 0 Å². The standard InChI is InChI=1S/C48H33N3.C45H27N3O.C39H23N3O/c1-48(2)41-16-10-9-15-39(41)40-28-25-33-20-19-32-21-24-36-29-37(26-27-38(36)42(32)43(33)44(40)48)47-50-45(34-13-7-4-8-14-34)49-46(51-47)35-22-17-31(18-23-35)30-11-5-3-6-12-30;1-3-9-28(10-4-1)29-15-19-32(20-16-29)44-46-43(31-11-5-2-6-12-31)47-45(48-44)35-23-24-36-33(25-35)21-17-30-18-22-34-26-39-37-13-7-8-14-40(37)49-41(39)27-38(34)42(30)36;1-3-9-26(10-4-1)37-40-38(27-11-5-2-6-12-27)42-39(41-37)29-20-21-30-28(23-29)18-17-24-15-16-25-19-22-32-31-13-7-8-14-33(31)43-36(32)35(25)34(24)30/h3-29H,1-2H3;1-27H;1-23H. The van der Waals surface area contributed by atoms with Crippen molar-refractivity contribution in [3.8, 4) is 136 Å². The molecule has 11 nitrogen and oxygen atoms in total. The molecule has 668 valence electrons. The SMILES string of the molecule is CC1(C)c2ccccc2-c2ccc3ccc4ccc5cc(-c6nc(-c7ccccc7)nc(-c7ccc(-c8ccccc8)cc7)n6)ccc5c4c3c21.c1ccc(-c2ccc(-c3nc(-c4ccccc4)nc(-c4ccc5c(ccc6ccc7cc8c(cc7c65)oc5ccccc58)c4)n3)cc2)cc1.c1ccc(-c2nc(-c3ccccc3)nc(-c3ccc4c(ccc5ccc6ccc7c8ccccc8oc7c6c54)c3)n2)cc1. The minimum absolute atomic E-state index is 0.115. The Bertz CT molecular complexity index is 9920. The first kappa shape index (κ1) is 83.4. The second-order valence-corrected chi connectivity index (χ2v) is 37.3. The second-order valence-electron chi connectivity index (χ2n) is 37.3. The highest BCUT2D eigenvalue weighted by Gasteiger charge is 2.38. The highest BCUT2D eigenvalue weighted by atomic mass is 16.3. The van der Waals surface area contributed by atoms with Crippen molar-refractivity contribution in [3.05, 3.63) is 478 Å². The summed E-state index contributed by atoms with van der Waals surface area (Å²) >= 11 is 0. The van der Waals surface area contributed by atoms with Gasteiger partial charge >= 0.3 is 0 Å². The average Bonchev–Trinajstić information content (AvgIpc) is 1.57. The summed E-state index contributed by atoms with van der Waals surface area (Å²) in [5.74, 6) is 5.85. The van der Waals surface area contributed by atoms with Crippen LogP contribution in [0.4, 0.5) is 0 Å². The quantitative estimate of drug-likeness (QED) is 0.114. The molecule has 0 aliphatic heterocycles. The molecule has 1 aliphatic rings. The molecule has 0 atom stereocenters. The summed E-state index contributed by atoms with van der Waals surface area (Å²) in [6.45, 7) is 4.74.